The summed E-state index contributed by atoms with van der Waals surface area (Å²) < 4.78 is 0. The van der Waals surface area contributed by atoms with E-state index < -0.39 is 0 Å². The van der Waals surface area contributed by atoms with Crippen molar-refractivity contribution < 1.29 is 0 Å². The molecule has 1 aromatic rings. The van der Waals surface area contributed by atoms with Crippen molar-refractivity contribution in [3.05, 3.63) is 24.3 Å². The molecule has 2 N–H and O–H groups in total. The van der Waals surface area contributed by atoms with Gasteiger partial charge in [-0.2, -0.15) is 0 Å². The molecular weight excluding hydrogens is 141 g/mol. The molecule has 0 aromatic heterocycles. The average molecular weight is 149 g/mol. The fraction of sp³-hybridized carbons (Fsp3) is 0. The van der Waals surface area contributed by atoms with Gasteiger partial charge in [-0.15, -0.1) is 12.6 Å². The van der Waals surface area contributed by atoms with Gasteiger partial charge in [0.1, 0.15) is 0 Å². The van der Waals surface area contributed by atoms with Gasteiger partial charge in [0.15, 0.2) is 0 Å². The van der Waals surface area contributed by atoms with Crippen LogP contribution in [0, 0.1) is 0 Å². The van der Waals surface area contributed by atoms with Crippen molar-refractivity contribution in [2.75, 3.05) is 5.73 Å². The molecule has 0 aliphatic rings. The Morgan fingerprint density at radius 3 is 2.11 bits per heavy atom. The van der Waals surface area contributed by atoms with Gasteiger partial charge in [-0.3, -0.25) is 0 Å². The van der Waals surface area contributed by atoms with Gasteiger partial charge in [-0.05, 0) is 12.1 Å². The van der Waals surface area contributed by atoms with Gasteiger partial charge in [-0.25, -0.2) is 0 Å². The van der Waals surface area contributed by atoms with Crippen LogP contribution in [0.4, 0.5) is 5.69 Å². The molecule has 0 aliphatic heterocycles. The van der Waals surface area contributed by atoms with Crippen LogP contribution in [0.5, 0.6) is 0 Å². The van der Waals surface area contributed by atoms with Crippen LogP contribution in [0.3, 0.4) is 0 Å². The van der Waals surface area contributed by atoms with E-state index in [9.17, 15) is 0 Å². The minimum atomic E-state index is 0. The topological polar surface area (TPSA) is 26.0 Å². The quantitative estimate of drug-likeness (QED) is 0.320. The first-order valence-corrected chi connectivity index (χ1v) is 2.79. The first kappa shape index (κ1) is 9.37. The predicted molar refractivity (Wildman–Crippen MR) is 45.3 cm³/mol. The summed E-state index contributed by atoms with van der Waals surface area (Å²) in [7, 11) is 0. The molecule has 0 amide bonds. The number of para-hydroxylation sites is 1. The molecular formula is C6H8NNaS. The van der Waals surface area contributed by atoms with Crippen LogP contribution in [-0.4, -0.2) is 29.6 Å². The van der Waals surface area contributed by atoms with Crippen molar-refractivity contribution in [2.24, 2.45) is 0 Å². The van der Waals surface area contributed by atoms with Crippen LogP contribution >= 0.6 is 12.6 Å². The number of nitrogen functional groups attached to an aromatic ring is 1. The first-order valence-electron chi connectivity index (χ1n) is 2.34. The Morgan fingerprint density at radius 2 is 1.78 bits per heavy atom. The number of hydrogen-bond acceptors (Lipinski definition) is 2. The maximum atomic E-state index is 5.44. The molecule has 0 spiro atoms. The van der Waals surface area contributed by atoms with Gasteiger partial charge >= 0.3 is 29.6 Å². The van der Waals surface area contributed by atoms with Gasteiger partial charge in [0.25, 0.3) is 0 Å². The van der Waals surface area contributed by atoms with Crippen LogP contribution in [0.15, 0.2) is 29.2 Å². The van der Waals surface area contributed by atoms with Crippen molar-refractivity contribution in [3.8, 4) is 0 Å². The van der Waals surface area contributed by atoms with Crippen molar-refractivity contribution in [3.63, 3.8) is 0 Å². The van der Waals surface area contributed by atoms with Crippen LogP contribution in [0.2, 0.25) is 0 Å². The summed E-state index contributed by atoms with van der Waals surface area (Å²) in [4.78, 5) is 0.840. The van der Waals surface area contributed by atoms with E-state index in [0.29, 0.717) is 0 Å². The first-order chi connectivity index (χ1) is 3.80. The summed E-state index contributed by atoms with van der Waals surface area (Å²) in [6.45, 7) is 0. The van der Waals surface area contributed by atoms with E-state index >= 15 is 0 Å². The Labute approximate surface area is 82.3 Å². The molecule has 0 saturated carbocycles. The Balaban J connectivity index is 0.000000640. The van der Waals surface area contributed by atoms with Gasteiger partial charge in [0.2, 0.25) is 0 Å². The summed E-state index contributed by atoms with van der Waals surface area (Å²) in [6.07, 6.45) is 0. The normalized spacial score (nSPS) is 8.11. The molecule has 0 atom stereocenters. The molecule has 1 aromatic carbocycles. The number of hydrogen-bond donors (Lipinski definition) is 2. The fourth-order valence-electron chi connectivity index (χ4n) is 0.488. The third-order valence-corrected chi connectivity index (χ3v) is 1.34. The number of benzene rings is 1. The minimum absolute atomic E-state index is 0. The predicted octanol–water partition coefficient (Wildman–Crippen LogP) is 0.909. The Hall–Kier alpha value is 0.370. The fourth-order valence-corrected chi connectivity index (χ4v) is 0.648. The number of nitrogens with two attached hydrogens (primary N) is 1. The van der Waals surface area contributed by atoms with Gasteiger partial charge < -0.3 is 5.73 Å². The zero-order valence-corrected chi connectivity index (χ0v) is 5.23. The van der Waals surface area contributed by atoms with Crippen LogP contribution < -0.4 is 5.73 Å². The molecule has 0 heterocycles. The van der Waals surface area contributed by atoms with Crippen molar-refractivity contribution in [1.29, 1.82) is 0 Å². The van der Waals surface area contributed by atoms with Crippen molar-refractivity contribution >= 4 is 47.9 Å². The zero-order chi connectivity index (χ0) is 5.98. The second-order valence-corrected chi connectivity index (χ2v) is 2.04. The Kier molecular flexibility index (Phi) is 4.40. The summed E-state index contributed by atoms with van der Waals surface area (Å²) >= 11 is 4.07. The maximum absolute atomic E-state index is 5.44. The van der Waals surface area contributed by atoms with Crippen LogP contribution in [0.25, 0.3) is 0 Å². The molecule has 0 bridgehead atoms. The number of anilines is 1. The van der Waals surface area contributed by atoms with Gasteiger partial charge in [0.05, 0.1) is 0 Å². The summed E-state index contributed by atoms with van der Waals surface area (Å²) in [5.41, 5.74) is 6.18. The number of rotatable bonds is 0. The van der Waals surface area contributed by atoms with Crippen molar-refractivity contribution in [1.82, 2.24) is 0 Å². The third-order valence-electron chi connectivity index (χ3n) is 0.937. The van der Waals surface area contributed by atoms with E-state index in [1.807, 2.05) is 24.3 Å². The summed E-state index contributed by atoms with van der Waals surface area (Å²) in [6, 6.07) is 7.47. The van der Waals surface area contributed by atoms with Gasteiger partial charge in [0, 0.05) is 10.6 Å². The third kappa shape index (κ3) is 2.63. The van der Waals surface area contributed by atoms with Gasteiger partial charge in [-0.1, -0.05) is 12.1 Å². The molecule has 1 nitrogen and oxygen atoms in total. The Morgan fingerprint density at radius 1 is 1.22 bits per heavy atom. The van der Waals surface area contributed by atoms with E-state index in [-0.39, 0.29) is 29.6 Å². The molecule has 1 rings (SSSR count). The second kappa shape index (κ2) is 4.23. The molecule has 0 aliphatic carbocycles. The molecule has 0 radical (unpaired) electrons. The van der Waals surface area contributed by atoms with E-state index in [1.165, 1.54) is 0 Å². The van der Waals surface area contributed by atoms with Crippen LogP contribution in [-0.2, 0) is 0 Å². The SMILES string of the molecule is Nc1ccccc1S.[NaH]. The average Bonchev–Trinajstić information content (AvgIpc) is 1.77. The molecule has 0 fully saturated rings. The van der Waals surface area contributed by atoms with Crippen LogP contribution in [0.1, 0.15) is 0 Å². The molecule has 9 heavy (non-hydrogen) atoms. The monoisotopic (exact) mass is 149 g/mol. The Bertz CT molecular complexity index is 169. The zero-order valence-electron chi connectivity index (χ0n) is 4.33. The van der Waals surface area contributed by atoms with E-state index in [4.69, 9.17) is 5.73 Å². The number of thiol groups is 1. The van der Waals surface area contributed by atoms with Crippen molar-refractivity contribution in [2.45, 2.75) is 4.90 Å². The molecule has 3 heteroatoms. The van der Waals surface area contributed by atoms with E-state index in [1.54, 1.807) is 0 Å². The summed E-state index contributed by atoms with van der Waals surface area (Å²) in [5.74, 6) is 0. The molecule has 44 valence electrons. The molecule has 0 saturated heterocycles. The van der Waals surface area contributed by atoms with E-state index in [0.717, 1.165) is 10.6 Å². The summed E-state index contributed by atoms with van der Waals surface area (Å²) in [5, 5.41) is 0. The molecule has 0 unspecified atom stereocenters. The second-order valence-electron chi connectivity index (χ2n) is 1.56. The standard InChI is InChI=1S/C6H7NS.Na.H/c7-5-3-1-2-4-6(5)8;;/h1-4,8H,7H2;;. The van der Waals surface area contributed by atoms with E-state index in [2.05, 4.69) is 12.6 Å².